The minimum absolute atomic E-state index is 0.102. The summed E-state index contributed by atoms with van der Waals surface area (Å²) < 4.78 is 5.42. The Morgan fingerprint density at radius 3 is 2.27 bits per heavy atom. The van der Waals surface area contributed by atoms with Gasteiger partial charge in [-0.3, -0.25) is 4.79 Å². The number of halogens is 1. The Balaban J connectivity index is 1.50. The maximum absolute atomic E-state index is 11.9. The molecule has 1 amide bonds. The maximum Gasteiger partial charge on any atom is 0.263 e. The van der Waals surface area contributed by atoms with Gasteiger partial charge in [-0.15, -0.1) is 10.2 Å². The Labute approximate surface area is 156 Å². The number of nitrogens with one attached hydrogen (secondary N) is 2. The molecule has 0 aliphatic carbocycles. The van der Waals surface area contributed by atoms with Crippen LogP contribution in [-0.4, -0.2) is 22.7 Å². The molecule has 2 N–H and O–H groups in total. The summed E-state index contributed by atoms with van der Waals surface area (Å²) in [6, 6.07) is 18.1. The molecule has 1 heterocycles. The number of aryl methyl sites for hydroxylation is 1. The Hall–Kier alpha value is -3.12. The largest absolute Gasteiger partial charge is 0.484 e. The van der Waals surface area contributed by atoms with Crippen LogP contribution in [0.15, 0.2) is 60.7 Å². The van der Waals surface area contributed by atoms with Crippen LogP contribution in [0.4, 0.5) is 17.3 Å². The van der Waals surface area contributed by atoms with Gasteiger partial charge < -0.3 is 15.4 Å². The lowest BCUT2D eigenvalue weighted by molar-refractivity contribution is -0.118. The fraction of sp³-hybridized carbons (Fsp3) is 0.105. The van der Waals surface area contributed by atoms with E-state index in [9.17, 15) is 4.79 Å². The third-order valence-electron chi connectivity index (χ3n) is 3.44. The fourth-order valence-electron chi connectivity index (χ4n) is 2.11. The molecule has 7 heteroatoms. The molecule has 1 aromatic heterocycles. The summed E-state index contributed by atoms with van der Waals surface area (Å²) in [5, 5.41) is 14.4. The summed E-state index contributed by atoms with van der Waals surface area (Å²) in [7, 11) is 0. The highest BCUT2D eigenvalue weighted by Gasteiger charge is 2.06. The molecule has 0 aliphatic heterocycles. The van der Waals surface area contributed by atoms with Gasteiger partial charge in [0, 0.05) is 10.7 Å². The van der Waals surface area contributed by atoms with Gasteiger partial charge in [-0.1, -0.05) is 29.3 Å². The summed E-state index contributed by atoms with van der Waals surface area (Å²) in [5.41, 5.74) is 1.97. The molecule has 0 bridgehead atoms. The maximum atomic E-state index is 11.9. The number of amides is 1. The van der Waals surface area contributed by atoms with Gasteiger partial charge in [0.2, 0.25) is 0 Å². The van der Waals surface area contributed by atoms with Gasteiger partial charge in [0.25, 0.3) is 5.91 Å². The Kier molecular flexibility index (Phi) is 5.66. The van der Waals surface area contributed by atoms with Crippen LogP contribution in [0.5, 0.6) is 5.75 Å². The number of hydrogen-bond acceptors (Lipinski definition) is 5. The second-order valence-electron chi connectivity index (χ2n) is 5.59. The van der Waals surface area contributed by atoms with E-state index < -0.39 is 0 Å². The lowest BCUT2D eigenvalue weighted by atomic mass is 10.2. The highest BCUT2D eigenvalue weighted by molar-refractivity contribution is 6.30. The first-order chi connectivity index (χ1) is 12.6. The number of aromatic nitrogens is 2. The van der Waals surface area contributed by atoms with Crippen molar-refractivity contribution in [2.75, 3.05) is 17.2 Å². The summed E-state index contributed by atoms with van der Waals surface area (Å²) in [5.74, 6) is 1.24. The Bertz CT molecular complexity index is 866. The summed E-state index contributed by atoms with van der Waals surface area (Å²) in [6.45, 7) is 1.89. The molecule has 26 heavy (non-hydrogen) atoms. The van der Waals surface area contributed by atoms with E-state index in [-0.39, 0.29) is 12.5 Å². The smallest absolute Gasteiger partial charge is 0.263 e. The number of rotatable bonds is 6. The predicted octanol–water partition coefficient (Wildman–Crippen LogP) is 4.20. The van der Waals surface area contributed by atoms with Crippen LogP contribution >= 0.6 is 11.6 Å². The normalized spacial score (nSPS) is 10.2. The van der Waals surface area contributed by atoms with E-state index in [0.717, 1.165) is 11.3 Å². The Morgan fingerprint density at radius 1 is 0.962 bits per heavy atom. The molecule has 6 nitrogen and oxygen atoms in total. The molecule has 2 aromatic carbocycles. The zero-order valence-electron chi connectivity index (χ0n) is 14.1. The summed E-state index contributed by atoms with van der Waals surface area (Å²) in [6.07, 6.45) is 0. The number of anilines is 3. The van der Waals surface area contributed by atoms with E-state index in [1.54, 1.807) is 24.3 Å². The molecule has 3 rings (SSSR count). The summed E-state index contributed by atoms with van der Waals surface area (Å²) >= 11 is 5.85. The van der Waals surface area contributed by atoms with E-state index in [2.05, 4.69) is 20.8 Å². The number of benzene rings is 2. The summed E-state index contributed by atoms with van der Waals surface area (Å²) in [4.78, 5) is 11.9. The van der Waals surface area contributed by atoms with Crippen molar-refractivity contribution < 1.29 is 9.53 Å². The highest BCUT2D eigenvalue weighted by Crippen LogP contribution is 2.17. The minimum atomic E-state index is -0.307. The van der Waals surface area contributed by atoms with Crippen LogP contribution in [0.3, 0.4) is 0 Å². The predicted molar refractivity (Wildman–Crippen MR) is 102 cm³/mol. The zero-order valence-corrected chi connectivity index (χ0v) is 14.8. The second-order valence-corrected chi connectivity index (χ2v) is 6.02. The van der Waals surface area contributed by atoms with E-state index in [4.69, 9.17) is 16.3 Å². The molecule has 0 spiro atoms. The van der Waals surface area contributed by atoms with Crippen molar-refractivity contribution >= 4 is 34.8 Å². The number of nitrogens with zero attached hydrogens (tertiary/aromatic N) is 2. The van der Waals surface area contributed by atoms with Crippen LogP contribution in [0.25, 0.3) is 0 Å². The first-order valence-corrected chi connectivity index (χ1v) is 8.32. The molecule has 132 valence electrons. The van der Waals surface area contributed by atoms with E-state index in [0.29, 0.717) is 22.4 Å². The molecular formula is C19H17ClN4O2. The lowest BCUT2D eigenvalue weighted by Gasteiger charge is -2.08. The van der Waals surface area contributed by atoms with Crippen molar-refractivity contribution in [2.24, 2.45) is 0 Å². The second kappa shape index (κ2) is 8.31. The van der Waals surface area contributed by atoms with Crippen LogP contribution in [0, 0.1) is 6.92 Å². The van der Waals surface area contributed by atoms with Crippen molar-refractivity contribution in [1.82, 2.24) is 10.2 Å². The molecule has 0 saturated heterocycles. The molecular weight excluding hydrogens is 352 g/mol. The third-order valence-corrected chi connectivity index (χ3v) is 3.69. The van der Waals surface area contributed by atoms with Crippen molar-refractivity contribution in [3.05, 3.63) is 71.2 Å². The van der Waals surface area contributed by atoms with Gasteiger partial charge in [0.15, 0.2) is 18.2 Å². The molecule has 0 saturated carbocycles. The van der Waals surface area contributed by atoms with Gasteiger partial charge in [0.05, 0.1) is 0 Å². The number of ether oxygens (including phenoxy) is 1. The van der Waals surface area contributed by atoms with Crippen LogP contribution in [-0.2, 0) is 4.79 Å². The molecule has 0 unspecified atom stereocenters. The molecule has 0 fully saturated rings. The van der Waals surface area contributed by atoms with E-state index in [1.807, 2.05) is 43.3 Å². The van der Waals surface area contributed by atoms with Gasteiger partial charge in [0.1, 0.15) is 5.75 Å². The van der Waals surface area contributed by atoms with Crippen molar-refractivity contribution in [3.63, 3.8) is 0 Å². The number of carbonyl (C=O) groups excluding carboxylic acids is 1. The first kappa shape index (κ1) is 17.7. The SMILES string of the molecule is Cc1ccc(OCC(=O)Nc2ccc(Nc3ccc(Cl)cc3)nn2)cc1. The standard InChI is InChI=1S/C19H17ClN4O2/c1-13-2-8-16(9-3-13)26-12-19(25)22-18-11-10-17(23-24-18)21-15-6-4-14(20)5-7-15/h2-11H,12H2,1H3,(H,21,23)(H,22,24,25). The van der Waals surface area contributed by atoms with E-state index >= 15 is 0 Å². The Morgan fingerprint density at radius 2 is 1.62 bits per heavy atom. The zero-order chi connectivity index (χ0) is 18.4. The highest BCUT2D eigenvalue weighted by atomic mass is 35.5. The molecule has 3 aromatic rings. The van der Waals surface area contributed by atoms with Crippen molar-refractivity contribution in [1.29, 1.82) is 0 Å². The minimum Gasteiger partial charge on any atom is -0.484 e. The quantitative estimate of drug-likeness (QED) is 0.682. The molecule has 0 atom stereocenters. The van der Waals surface area contributed by atoms with Crippen LogP contribution in [0.2, 0.25) is 5.02 Å². The van der Waals surface area contributed by atoms with Gasteiger partial charge in [-0.05, 0) is 55.5 Å². The lowest BCUT2D eigenvalue weighted by Crippen LogP contribution is -2.21. The topological polar surface area (TPSA) is 76.1 Å². The van der Waals surface area contributed by atoms with Gasteiger partial charge in [-0.2, -0.15) is 0 Å². The number of carbonyl (C=O) groups is 1. The average Bonchev–Trinajstić information content (AvgIpc) is 2.65. The monoisotopic (exact) mass is 368 g/mol. The average molecular weight is 369 g/mol. The van der Waals surface area contributed by atoms with Crippen molar-refractivity contribution in [3.8, 4) is 5.75 Å². The molecule has 0 radical (unpaired) electrons. The fourth-order valence-corrected chi connectivity index (χ4v) is 2.24. The molecule has 0 aliphatic rings. The first-order valence-electron chi connectivity index (χ1n) is 7.94. The van der Waals surface area contributed by atoms with Crippen molar-refractivity contribution in [2.45, 2.75) is 6.92 Å². The van der Waals surface area contributed by atoms with Gasteiger partial charge >= 0.3 is 0 Å². The third kappa shape index (κ3) is 5.19. The van der Waals surface area contributed by atoms with Gasteiger partial charge in [-0.25, -0.2) is 0 Å². The van der Waals surface area contributed by atoms with E-state index in [1.165, 1.54) is 0 Å². The number of hydrogen-bond donors (Lipinski definition) is 2. The van der Waals surface area contributed by atoms with Crippen LogP contribution < -0.4 is 15.4 Å². The van der Waals surface area contributed by atoms with Crippen LogP contribution in [0.1, 0.15) is 5.56 Å².